The van der Waals surface area contributed by atoms with Gasteiger partial charge in [-0.25, -0.2) is 4.98 Å². The predicted octanol–water partition coefficient (Wildman–Crippen LogP) is 1.97. The fraction of sp³-hybridized carbons (Fsp3) is 0.636. The van der Waals surface area contributed by atoms with E-state index in [1.165, 1.54) is 4.88 Å². The van der Waals surface area contributed by atoms with Crippen LogP contribution < -0.4 is 10.2 Å². The van der Waals surface area contributed by atoms with Crippen LogP contribution in [0.4, 0.5) is 5.13 Å². The van der Waals surface area contributed by atoms with Gasteiger partial charge in [0.1, 0.15) is 0 Å². The molecule has 31 heavy (non-hydrogen) atoms. The number of amides is 2. The third kappa shape index (κ3) is 4.46. The van der Waals surface area contributed by atoms with Crippen LogP contribution in [0, 0.1) is 19.8 Å². The number of nitrogens with one attached hydrogen (secondary N) is 1. The molecule has 1 fully saturated rings. The van der Waals surface area contributed by atoms with Crippen LogP contribution in [0.5, 0.6) is 0 Å². The van der Waals surface area contributed by atoms with Crippen molar-refractivity contribution in [2.75, 3.05) is 31.1 Å². The Hall–Kier alpha value is -2.42. The molecule has 9 heteroatoms. The largest absolute Gasteiger partial charge is 0.352 e. The van der Waals surface area contributed by atoms with Gasteiger partial charge in [-0.3, -0.25) is 14.3 Å². The molecule has 1 aliphatic carbocycles. The Morgan fingerprint density at radius 1 is 1.19 bits per heavy atom. The number of anilines is 1. The van der Waals surface area contributed by atoms with E-state index < -0.39 is 0 Å². The average Bonchev–Trinajstić information content (AvgIpc) is 3.31. The van der Waals surface area contributed by atoms with E-state index in [2.05, 4.69) is 15.3 Å². The van der Waals surface area contributed by atoms with Gasteiger partial charge < -0.3 is 15.1 Å². The van der Waals surface area contributed by atoms with Crippen molar-refractivity contribution in [1.29, 1.82) is 0 Å². The Labute approximate surface area is 187 Å². The highest BCUT2D eigenvalue weighted by Gasteiger charge is 2.30. The second-order valence-electron chi connectivity index (χ2n) is 8.52. The van der Waals surface area contributed by atoms with Crippen molar-refractivity contribution in [1.82, 2.24) is 25.0 Å². The number of carbonyl (C=O) groups excluding carboxylic acids is 2. The number of hydrogen-bond donors (Lipinski definition) is 1. The molecule has 1 atom stereocenters. The minimum atomic E-state index is -0.00268. The van der Waals surface area contributed by atoms with Gasteiger partial charge in [-0.15, -0.1) is 11.3 Å². The van der Waals surface area contributed by atoms with Crippen molar-refractivity contribution in [3.63, 3.8) is 0 Å². The molecule has 0 saturated carbocycles. The number of hydrogen-bond acceptors (Lipinski definition) is 6. The van der Waals surface area contributed by atoms with Gasteiger partial charge in [0, 0.05) is 68.2 Å². The first-order valence-corrected chi connectivity index (χ1v) is 12.0. The SMILES string of the molecule is CCC(=O)N1CCN(c2nc3c(s2)CC(C(=O)NCc2c(C)nn(C)c2C)CC3)CC1. The Balaban J connectivity index is 1.34. The molecule has 168 valence electrons. The number of rotatable bonds is 5. The number of thiazole rings is 1. The van der Waals surface area contributed by atoms with E-state index in [9.17, 15) is 9.59 Å². The van der Waals surface area contributed by atoms with Crippen LogP contribution in [-0.4, -0.2) is 57.7 Å². The summed E-state index contributed by atoms with van der Waals surface area (Å²) in [5.41, 5.74) is 4.32. The topological polar surface area (TPSA) is 83.4 Å². The monoisotopic (exact) mass is 444 g/mol. The third-order valence-corrected chi connectivity index (χ3v) is 7.78. The average molecular weight is 445 g/mol. The summed E-state index contributed by atoms with van der Waals surface area (Å²) in [6.07, 6.45) is 3.02. The molecular weight excluding hydrogens is 412 g/mol. The highest BCUT2D eigenvalue weighted by molar-refractivity contribution is 7.15. The van der Waals surface area contributed by atoms with Crippen LogP contribution in [0.2, 0.25) is 0 Å². The first kappa shape index (κ1) is 21.8. The van der Waals surface area contributed by atoms with E-state index in [-0.39, 0.29) is 17.7 Å². The summed E-state index contributed by atoms with van der Waals surface area (Å²) in [6, 6.07) is 0. The smallest absolute Gasteiger partial charge is 0.223 e. The number of nitrogens with zero attached hydrogens (tertiary/aromatic N) is 5. The third-order valence-electron chi connectivity index (χ3n) is 6.60. The van der Waals surface area contributed by atoms with E-state index >= 15 is 0 Å². The van der Waals surface area contributed by atoms with Crippen molar-refractivity contribution >= 4 is 28.3 Å². The molecule has 1 N–H and O–H groups in total. The molecule has 2 amide bonds. The molecule has 1 unspecified atom stereocenters. The van der Waals surface area contributed by atoms with Gasteiger partial charge >= 0.3 is 0 Å². The number of fused-ring (bicyclic) bond motifs is 1. The minimum absolute atomic E-state index is 0.00268. The maximum absolute atomic E-state index is 12.8. The zero-order valence-electron chi connectivity index (χ0n) is 18.9. The van der Waals surface area contributed by atoms with Gasteiger partial charge in [0.05, 0.1) is 11.4 Å². The number of carbonyl (C=O) groups is 2. The first-order chi connectivity index (χ1) is 14.9. The summed E-state index contributed by atoms with van der Waals surface area (Å²) in [7, 11) is 1.93. The van der Waals surface area contributed by atoms with Crippen LogP contribution in [0.3, 0.4) is 0 Å². The zero-order valence-corrected chi connectivity index (χ0v) is 19.7. The van der Waals surface area contributed by atoms with Crippen LogP contribution in [0.1, 0.15) is 47.3 Å². The second kappa shape index (κ2) is 8.98. The lowest BCUT2D eigenvalue weighted by atomic mass is 9.90. The maximum atomic E-state index is 12.8. The van der Waals surface area contributed by atoms with E-state index in [1.807, 2.05) is 37.4 Å². The molecule has 0 spiro atoms. The van der Waals surface area contributed by atoms with Gasteiger partial charge in [-0.1, -0.05) is 6.92 Å². The highest BCUT2D eigenvalue weighted by atomic mass is 32.1. The summed E-state index contributed by atoms with van der Waals surface area (Å²) in [4.78, 5) is 35.1. The van der Waals surface area contributed by atoms with Crippen molar-refractivity contribution in [2.45, 2.75) is 53.0 Å². The lowest BCUT2D eigenvalue weighted by molar-refractivity contribution is -0.131. The Kier molecular flexibility index (Phi) is 6.31. The molecule has 0 aromatic carbocycles. The van der Waals surface area contributed by atoms with Gasteiger partial charge in [0.2, 0.25) is 11.8 Å². The van der Waals surface area contributed by atoms with Gasteiger partial charge in [-0.05, 0) is 33.1 Å². The quantitative estimate of drug-likeness (QED) is 0.762. The zero-order chi connectivity index (χ0) is 22.1. The van der Waals surface area contributed by atoms with Crippen LogP contribution >= 0.6 is 11.3 Å². The van der Waals surface area contributed by atoms with E-state index in [4.69, 9.17) is 4.98 Å². The van der Waals surface area contributed by atoms with Crippen LogP contribution in [0.25, 0.3) is 0 Å². The summed E-state index contributed by atoms with van der Waals surface area (Å²) in [5.74, 6) is 0.343. The van der Waals surface area contributed by atoms with Crippen molar-refractivity contribution in [3.8, 4) is 0 Å². The molecular formula is C22H32N6O2S. The minimum Gasteiger partial charge on any atom is -0.352 e. The summed E-state index contributed by atoms with van der Waals surface area (Å²) in [6.45, 7) is 9.63. The van der Waals surface area contributed by atoms with Crippen molar-refractivity contribution < 1.29 is 9.59 Å². The summed E-state index contributed by atoms with van der Waals surface area (Å²) in [5, 5.41) is 8.60. The molecule has 2 aromatic rings. The molecule has 2 aromatic heterocycles. The van der Waals surface area contributed by atoms with Gasteiger partial charge in [0.15, 0.2) is 5.13 Å². The molecule has 3 heterocycles. The molecule has 8 nitrogen and oxygen atoms in total. The lowest BCUT2D eigenvalue weighted by Crippen LogP contribution is -2.48. The summed E-state index contributed by atoms with van der Waals surface area (Å²) < 4.78 is 1.86. The Morgan fingerprint density at radius 3 is 2.58 bits per heavy atom. The molecule has 1 aliphatic heterocycles. The normalized spacial score (nSPS) is 18.8. The van der Waals surface area contributed by atoms with Crippen LogP contribution in [-0.2, 0) is 36.0 Å². The standard InChI is InChI=1S/C22H32N6O2S/c1-5-20(29)27-8-10-28(11-9-27)22-24-18-7-6-16(12-19(18)31-22)21(30)23-13-17-14(2)25-26(4)15(17)3/h16H,5-13H2,1-4H3,(H,23,30). The van der Waals surface area contributed by atoms with Crippen LogP contribution in [0.15, 0.2) is 0 Å². The highest BCUT2D eigenvalue weighted by Crippen LogP contribution is 2.34. The van der Waals surface area contributed by atoms with E-state index in [0.29, 0.717) is 13.0 Å². The number of piperazine rings is 1. The van der Waals surface area contributed by atoms with E-state index in [0.717, 1.165) is 73.2 Å². The predicted molar refractivity (Wildman–Crippen MR) is 121 cm³/mol. The maximum Gasteiger partial charge on any atom is 0.223 e. The van der Waals surface area contributed by atoms with Gasteiger partial charge in [-0.2, -0.15) is 5.10 Å². The number of aryl methyl sites for hydroxylation is 3. The Bertz CT molecular complexity index is 973. The molecule has 1 saturated heterocycles. The number of aromatic nitrogens is 3. The molecule has 4 rings (SSSR count). The van der Waals surface area contributed by atoms with Crippen molar-refractivity contribution in [2.24, 2.45) is 13.0 Å². The first-order valence-electron chi connectivity index (χ1n) is 11.2. The fourth-order valence-corrected chi connectivity index (χ4v) is 5.72. The molecule has 2 aliphatic rings. The Morgan fingerprint density at radius 2 is 1.94 bits per heavy atom. The molecule has 0 bridgehead atoms. The van der Waals surface area contributed by atoms with Crippen molar-refractivity contribution in [3.05, 3.63) is 27.5 Å². The van der Waals surface area contributed by atoms with Gasteiger partial charge in [0.25, 0.3) is 0 Å². The second-order valence-corrected chi connectivity index (χ2v) is 9.58. The lowest BCUT2D eigenvalue weighted by Gasteiger charge is -2.34. The molecule has 0 radical (unpaired) electrons. The van der Waals surface area contributed by atoms with E-state index in [1.54, 1.807) is 11.3 Å². The summed E-state index contributed by atoms with van der Waals surface area (Å²) >= 11 is 1.72. The fourth-order valence-electron chi connectivity index (χ4n) is 4.48.